The molecule has 0 bridgehead atoms. The average molecular weight is 326 g/mol. The van der Waals surface area contributed by atoms with Crippen molar-refractivity contribution in [3.63, 3.8) is 0 Å². The van der Waals surface area contributed by atoms with Crippen molar-refractivity contribution < 1.29 is 4.79 Å². The van der Waals surface area contributed by atoms with Crippen LogP contribution >= 0.6 is 31.9 Å². The molecule has 0 aromatic heterocycles. The van der Waals surface area contributed by atoms with Gasteiger partial charge >= 0.3 is 0 Å². The molecule has 0 aromatic rings. The largest absolute Gasteiger partial charge is 0.297 e. The standard InChI is InChI=1S/C11H18Br2O/c1-7-5-6-11(4,10(7,2)3)8(14)9(12)13/h7,9H,5-6H2,1-4H3/t7-,11-/m0/s1. The monoisotopic (exact) mass is 324 g/mol. The summed E-state index contributed by atoms with van der Waals surface area (Å²) in [7, 11) is 0. The predicted molar refractivity (Wildman–Crippen MR) is 66.9 cm³/mol. The predicted octanol–water partition coefficient (Wildman–Crippen LogP) is 4.13. The van der Waals surface area contributed by atoms with Crippen molar-refractivity contribution in [3.8, 4) is 0 Å². The highest BCUT2D eigenvalue weighted by atomic mass is 79.9. The highest BCUT2D eigenvalue weighted by Gasteiger charge is 2.54. The molecule has 1 fully saturated rings. The Hall–Kier alpha value is 0.630. The molecule has 3 heteroatoms. The first-order chi connectivity index (χ1) is 6.23. The molecule has 0 saturated heterocycles. The van der Waals surface area contributed by atoms with Gasteiger partial charge in [-0.1, -0.05) is 59.6 Å². The smallest absolute Gasteiger partial charge is 0.163 e. The number of rotatable bonds is 2. The van der Waals surface area contributed by atoms with E-state index < -0.39 is 0 Å². The number of ketones is 1. The van der Waals surface area contributed by atoms with E-state index in [0.29, 0.717) is 5.92 Å². The molecule has 0 N–H and O–H groups in total. The maximum Gasteiger partial charge on any atom is 0.163 e. The van der Waals surface area contributed by atoms with E-state index in [1.807, 2.05) is 0 Å². The van der Waals surface area contributed by atoms with Crippen molar-refractivity contribution in [2.75, 3.05) is 0 Å². The van der Waals surface area contributed by atoms with Crippen molar-refractivity contribution in [2.24, 2.45) is 16.7 Å². The summed E-state index contributed by atoms with van der Waals surface area (Å²) in [5.74, 6) is 0.905. The molecule has 0 heterocycles. The number of carbonyl (C=O) groups excluding carboxylic acids is 1. The first-order valence-corrected chi connectivity index (χ1v) is 6.89. The lowest BCUT2D eigenvalue weighted by Gasteiger charge is -2.40. The van der Waals surface area contributed by atoms with Crippen LogP contribution in [-0.4, -0.2) is 9.52 Å². The van der Waals surface area contributed by atoms with Gasteiger partial charge in [-0.15, -0.1) is 0 Å². The van der Waals surface area contributed by atoms with E-state index >= 15 is 0 Å². The van der Waals surface area contributed by atoms with Crippen molar-refractivity contribution in [2.45, 2.75) is 44.3 Å². The molecule has 2 atom stereocenters. The Labute approximate surface area is 103 Å². The zero-order valence-corrected chi connectivity index (χ0v) is 12.4. The normalized spacial score (nSPS) is 36.4. The average Bonchev–Trinajstić information content (AvgIpc) is 2.29. The van der Waals surface area contributed by atoms with Crippen LogP contribution in [-0.2, 0) is 4.79 Å². The summed E-state index contributed by atoms with van der Waals surface area (Å²) < 4.78 is -0.204. The minimum absolute atomic E-state index is 0.101. The van der Waals surface area contributed by atoms with Crippen LogP contribution in [0.4, 0.5) is 0 Å². The Morgan fingerprint density at radius 1 is 1.36 bits per heavy atom. The summed E-state index contributed by atoms with van der Waals surface area (Å²) in [6.45, 7) is 8.78. The molecule has 14 heavy (non-hydrogen) atoms. The highest BCUT2D eigenvalue weighted by Crippen LogP contribution is 2.57. The molecule has 1 nitrogen and oxygen atoms in total. The van der Waals surface area contributed by atoms with E-state index in [-0.39, 0.29) is 20.3 Å². The molecule has 82 valence electrons. The van der Waals surface area contributed by atoms with Crippen LogP contribution in [0.3, 0.4) is 0 Å². The molecule has 1 aliphatic rings. The maximum absolute atomic E-state index is 12.1. The third-order valence-electron chi connectivity index (χ3n) is 4.47. The molecule has 1 saturated carbocycles. The zero-order valence-electron chi connectivity index (χ0n) is 9.23. The van der Waals surface area contributed by atoms with Gasteiger partial charge in [0.2, 0.25) is 0 Å². The Balaban J connectivity index is 3.01. The van der Waals surface area contributed by atoms with E-state index in [2.05, 4.69) is 59.6 Å². The fraction of sp³-hybridized carbons (Fsp3) is 0.909. The number of hydrogen-bond donors (Lipinski definition) is 0. The lowest BCUT2D eigenvalue weighted by atomic mass is 9.64. The Morgan fingerprint density at radius 2 is 1.86 bits per heavy atom. The van der Waals surface area contributed by atoms with Gasteiger partial charge in [0.1, 0.15) is 3.74 Å². The van der Waals surface area contributed by atoms with E-state index in [1.165, 1.54) is 0 Å². The Kier molecular flexibility index (Phi) is 3.53. The molecule has 0 radical (unpaired) electrons. The fourth-order valence-electron chi connectivity index (χ4n) is 2.41. The van der Waals surface area contributed by atoms with Gasteiger partial charge < -0.3 is 0 Å². The van der Waals surface area contributed by atoms with E-state index in [4.69, 9.17) is 0 Å². The summed E-state index contributed by atoms with van der Waals surface area (Å²) in [6, 6.07) is 0. The molecule has 0 aromatic carbocycles. The zero-order chi connectivity index (χ0) is 11.1. The van der Waals surface area contributed by atoms with E-state index in [9.17, 15) is 4.79 Å². The van der Waals surface area contributed by atoms with Gasteiger partial charge in [0.25, 0.3) is 0 Å². The summed E-state index contributed by atoms with van der Waals surface area (Å²) >= 11 is 6.65. The van der Waals surface area contributed by atoms with Gasteiger partial charge in [-0.25, -0.2) is 0 Å². The van der Waals surface area contributed by atoms with Gasteiger partial charge in [-0.05, 0) is 24.2 Å². The van der Waals surface area contributed by atoms with Crippen LogP contribution in [0.25, 0.3) is 0 Å². The molecule has 0 aliphatic heterocycles. The van der Waals surface area contributed by atoms with E-state index in [0.717, 1.165) is 12.8 Å². The molecule has 1 aliphatic carbocycles. The van der Waals surface area contributed by atoms with Gasteiger partial charge in [0.05, 0.1) is 0 Å². The van der Waals surface area contributed by atoms with Gasteiger partial charge in [-0.2, -0.15) is 0 Å². The minimum atomic E-state index is -0.204. The second kappa shape index (κ2) is 3.89. The summed E-state index contributed by atoms with van der Waals surface area (Å²) in [4.78, 5) is 12.1. The molecule has 0 spiro atoms. The van der Waals surface area contributed by atoms with Crippen LogP contribution in [0.5, 0.6) is 0 Å². The van der Waals surface area contributed by atoms with E-state index in [1.54, 1.807) is 0 Å². The number of halogens is 2. The molecule has 0 unspecified atom stereocenters. The first-order valence-electron chi connectivity index (χ1n) is 5.06. The van der Waals surface area contributed by atoms with Crippen molar-refractivity contribution in [1.29, 1.82) is 0 Å². The Morgan fingerprint density at radius 3 is 2.14 bits per heavy atom. The van der Waals surface area contributed by atoms with Crippen molar-refractivity contribution in [3.05, 3.63) is 0 Å². The minimum Gasteiger partial charge on any atom is -0.297 e. The molecular formula is C11H18Br2O. The van der Waals surface area contributed by atoms with Crippen LogP contribution < -0.4 is 0 Å². The second-order valence-electron chi connectivity index (χ2n) is 5.16. The van der Waals surface area contributed by atoms with Gasteiger partial charge in [0.15, 0.2) is 5.78 Å². The highest BCUT2D eigenvalue weighted by molar-refractivity contribution is 9.25. The lowest BCUT2D eigenvalue weighted by molar-refractivity contribution is -0.131. The number of hydrogen-bond acceptors (Lipinski definition) is 1. The number of Topliss-reactive ketones (excluding diaryl/α,β-unsaturated/α-hetero) is 1. The van der Waals surface area contributed by atoms with Crippen LogP contribution in [0.15, 0.2) is 0 Å². The quantitative estimate of drug-likeness (QED) is 0.697. The number of carbonyl (C=O) groups is 1. The van der Waals surface area contributed by atoms with Crippen LogP contribution in [0.1, 0.15) is 40.5 Å². The molecule has 0 amide bonds. The van der Waals surface area contributed by atoms with Gasteiger partial charge in [0, 0.05) is 5.41 Å². The summed E-state index contributed by atoms with van der Waals surface area (Å²) in [6.07, 6.45) is 2.16. The summed E-state index contributed by atoms with van der Waals surface area (Å²) in [5.41, 5.74) is -0.0893. The SMILES string of the molecule is C[C@H]1CC[C@@](C)(C(=O)C(Br)Br)C1(C)C. The third-order valence-corrected chi connectivity index (χ3v) is 5.31. The second-order valence-corrected chi connectivity index (χ2v) is 8.22. The molecule has 1 rings (SSSR count). The fourth-order valence-corrected chi connectivity index (χ4v) is 3.42. The topological polar surface area (TPSA) is 17.1 Å². The van der Waals surface area contributed by atoms with Gasteiger partial charge in [-0.3, -0.25) is 4.79 Å². The third kappa shape index (κ3) is 1.71. The molecular weight excluding hydrogens is 308 g/mol. The number of alkyl halides is 2. The van der Waals surface area contributed by atoms with Crippen molar-refractivity contribution in [1.82, 2.24) is 0 Å². The maximum atomic E-state index is 12.1. The summed E-state index contributed by atoms with van der Waals surface area (Å²) in [5, 5.41) is 0. The first kappa shape index (κ1) is 12.7. The lowest BCUT2D eigenvalue weighted by Crippen LogP contribution is -2.42. The Bertz CT molecular complexity index is 248. The van der Waals surface area contributed by atoms with Crippen LogP contribution in [0.2, 0.25) is 0 Å². The van der Waals surface area contributed by atoms with Crippen molar-refractivity contribution >= 4 is 37.6 Å². The van der Waals surface area contributed by atoms with Crippen LogP contribution in [0, 0.1) is 16.7 Å².